The Morgan fingerprint density at radius 2 is 1.52 bits per heavy atom. The van der Waals surface area contributed by atoms with E-state index in [1.165, 1.54) is 24.5 Å². The summed E-state index contributed by atoms with van der Waals surface area (Å²) in [4.78, 5) is 8.07. The highest BCUT2D eigenvalue weighted by atomic mass is 19.3. The Kier molecular flexibility index (Phi) is 3.76. The van der Waals surface area contributed by atoms with Gasteiger partial charge < -0.3 is 4.57 Å². The van der Waals surface area contributed by atoms with E-state index in [9.17, 15) is 0 Å². The Labute approximate surface area is 143 Å². The number of alkyl halides is 2. The molecule has 0 aliphatic rings. The summed E-state index contributed by atoms with van der Waals surface area (Å²) in [7, 11) is 0. The molecule has 0 saturated carbocycles. The maximum Gasteiger partial charge on any atom is 0.330 e. The van der Waals surface area contributed by atoms with Crippen LogP contribution in [0.3, 0.4) is 0 Å². The Morgan fingerprint density at radius 1 is 0.840 bits per heavy atom. The van der Waals surface area contributed by atoms with Crippen LogP contribution in [0.1, 0.15) is 17.0 Å². The van der Waals surface area contributed by atoms with Gasteiger partial charge in [0.05, 0.1) is 11.0 Å². The number of fused-ring (bicyclic) bond motifs is 1. The van der Waals surface area contributed by atoms with Gasteiger partial charge in [0.25, 0.3) is 0 Å². The van der Waals surface area contributed by atoms with Gasteiger partial charge in [0.2, 0.25) is 0 Å². The van der Waals surface area contributed by atoms with E-state index in [4.69, 9.17) is 0 Å². The molecule has 124 valence electrons. The van der Waals surface area contributed by atoms with Crippen LogP contribution in [0.15, 0.2) is 79.1 Å². The molecule has 0 unspecified atom stereocenters. The summed E-state index contributed by atoms with van der Waals surface area (Å²) < 4.78 is 31.9. The first-order chi connectivity index (χ1) is 12.2. The Hall–Kier alpha value is -3.08. The fourth-order valence-electron chi connectivity index (χ4n) is 2.93. The van der Waals surface area contributed by atoms with Gasteiger partial charge in [-0.15, -0.1) is 0 Å². The first kappa shape index (κ1) is 15.4. The molecule has 0 saturated heterocycles. The lowest BCUT2D eigenvalue weighted by molar-refractivity contribution is 0.0298. The predicted molar refractivity (Wildman–Crippen MR) is 92.5 cm³/mol. The molecule has 0 aliphatic heterocycles. The molecule has 2 aromatic heterocycles. The van der Waals surface area contributed by atoms with E-state index in [1.807, 2.05) is 42.5 Å². The maximum atomic E-state index is 15.2. The second-order valence-corrected chi connectivity index (χ2v) is 5.81. The van der Waals surface area contributed by atoms with Gasteiger partial charge in [-0.1, -0.05) is 42.5 Å². The zero-order chi connectivity index (χ0) is 17.3. The van der Waals surface area contributed by atoms with Crippen molar-refractivity contribution in [2.24, 2.45) is 0 Å². The third kappa shape index (κ3) is 2.78. The first-order valence-corrected chi connectivity index (χ1v) is 7.94. The molecule has 25 heavy (non-hydrogen) atoms. The molecular formula is C20H15F2N3. The highest BCUT2D eigenvalue weighted by Crippen LogP contribution is 2.36. The minimum atomic E-state index is -3.21. The van der Waals surface area contributed by atoms with Gasteiger partial charge in [-0.3, -0.25) is 4.98 Å². The summed E-state index contributed by atoms with van der Waals surface area (Å²) in [5, 5.41) is 0. The number of nitrogens with zero attached hydrogens (tertiary/aromatic N) is 3. The fraction of sp³-hybridized carbons (Fsp3) is 0.100. The van der Waals surface area contributed by atoms with E-state index in [0.717, 1.165) is 5.56 Å². The Morgan fingerprint density at radius 3 is 2.28 bits per heavy atom. The molecule has 0 radical (unpaired) electrons. The van der Waals surface area contributed by atoms with Crippen molar-refractivity contribution in [3.05, 3.63) is 96.1 Å². The second-order valence-electron chi connectivity index (χ2n) is 5.81. The van der Waals surface area contributed by atoms with Crippen molar-refractivity contribution in [2.45, 2.75) is 12.5 Å². The van der Waals surface area contributed by atoms with E-state index in [0.29, 0.717) is 17.6 Å². The lowest BCUT2D eigenvalue weighted by Gasteiger charge is -2.18. The van der Waals surface area contributed by atoms with Crippen molar-refractivity contribution in [1.29, 1.82) is 0 Å². The van der Waals surface area contributed by atoms with Crippen LogP contribution < -0.4 is 0 Å². The van der Waals surface area contributed by atoms with Crippen LogP contribution in [0, 0.1) is 0 Å². The molecule has 0 atom stereocenters. The second kappa shape index (κ2) is 6.09. The summed E-state index contributed by atoms with van der Waals surface area (Å²) in [6.45, 7) is 0.331. The number of halogens is 2. The summed E-state index contributed by atoms with van der Waals surface area (Å²) in [5.41, 5.74) is 2.07. The molecule has 0 fully saturated rings. The quantitative estimate of drug-likeness (QED) is 0.545. The molecule has 0 aliphatic carbocycles. The molecule has 0 amide bonds. The SMILES string of the molecule is FC(F)(c1ccncc1)c1nc2ccccc2n1Cc1ccccc1. The highest BCUT2D eigenvalue weighted by molar-refractivity contribution is 5.76. The molecule has 0 N–H and O–H groups in total. The summed E-state index contributed by atoms with van der Waals surface area (Å²) in [6, 6.07) is 19.4. The van der Waals surface area contributed by atoms with Crippen LogP contribution in [0.4, 0.5) is 8.78 Å². The van der Waals surface area contributed by atoms with Gasteiger partial charge in [0, 0.05) is 24.5 Å². The minimum absolute atomic E-state index is 0.118. The summed E-state index contributed by atoms with van der Waals surface area (Å²) >= 11 is 0. The largest absolute Gasteiger partial charge is 0.330 e. The molecule has 4 aromatic rings. The van der Waals surface area contributed by atoms with Crippen LogP contribution in [0.5, 0.6) is 0 Å². The average molecular weight is 335 g/mol. The van der Waals surface area contributed by atoms with Gasteiger partial charge in [0.15, 0.2) is 5.82 Å². The number of imidazole rings is 1. The van der Waals surface area contributed by atoms with Gasteiger partial charge in [-0.2, -0.15) is 8.78 Å². The molecule has 5 heteroatoms. The number of aromatic nitrogens is 3. The fourth-order valence-corrected chi connectivity index (χ4v) is 2.93. The maximum absolute atomic E-state index is 15.2. The third-order valence-corrected chi connectivity index (χ3v) is 4.16. The average Bonchev–Trinajstić information content (AvgIpc) is 3.03. The first-order valence-electron chi connectivity index (χ1n) is 7.94. The van der Waals surface area contributed by atoms with Gasteiger partial charge in [0.1, 0.15) is 0 Å². The van der Waals surface area contributed by atoms with E-state index >= 15 is 8.78 Å². The predicted octanol–water partition coefficient (Wildman–Crippen LogP) is 4.62. The van der Waals surface area contributed by atoms with E-state index in [1.54, 1.807) is 16.7 Å². The van der Waals surface area contributed by atoms with Crippen molar-refractivity contribution in [2.75, 3.05) is 0 Å². The summed E-state index contributed by atoms with van der Waals surface area (Å²) in [6.07, 6.45) is 2.74. The number of pyridine rings is 1. The minimum Gasteiger partial charge on any atom is -0.318 e. The van der Waals surface area contributed by atoms with Crippen molar-refractivity contribution >= 4 is 11.0 Å². The highest BCUT2D eigenvalue weighted by Gasteiger charge is 2.39. The van der Waals surface area contributed by atoms with E-state index in [2.05, 4.69) is 9.97 Å². The topological polar surface area (TPSA) is 30.7 Å². The number of para-hydroxylation sites is 2. The molecule has 4 rings (SSSR count). The Bertz CT molecular complexity index is 995. The number of benzene rings is 2. The smallest absolute Gasteiger partial charge is 0.318 e. The number of hydrogen-bond acceptors (Lipinski definition) is 2. The number of rotatable bonds is 4. The van der Waals surface area contributed by atoms with Crippen LogP contribution >= 0.6 is 0 Å². The monoisotopic (exact) mass is 335 g/mol. The standard InChI is InChI=1S/C20H15F2N3/c21-20(22,16-10-12-23-13-11-16)19-24-17-8-4-5-9-18(17)25(19)14-15-6-2-1-3-7-15/h1-13H,14H2. The van der Waals surface area contributed by atoms with Crippen molar-refractivity contribution in [3.63, 3.8) is 0 Å². The summed E-state index contributed by atoms with van der Waals surface area (Å²) in [5.74, 6) is -3.47. The molecular weight excluding hydrogens is 320 g/mol. The number of hydrogen-bond donors (Lipinski definition) is 0. The van der Waals surface area contributed by atoms with Crippen molar-refractivity contribution in [3.8, 4) is 0 Å². The lowest BCUT2D eigenvalue weighted by atomic mass is 10.1. The molecule has 2 aromatic carbocycles. The van der Waals surface area contributed by atoms with Crippen LogP contribution in [-0.4, -0.2) is 14.5 Å². The van der Waals surface area contributed by atoms with Crippen LogP contribution in [0.25, 0.3) is 11.0 Å². The van der Waals surface area contributed by atoms with Crippen molar-refractivity contribution in [1.82, 2.24) is 14.5 Å². The Balaban J connectivity index is 1.90. The van der Waals surface area contributed by atoms with E-state index in [-0.39, 0.29) is 11.4 Å². The van der Waals surface area contributed by atoms with Crippen LogP contribution in [0.2, 0.25) is 0 Å². The lowest BCUT2D eigenvalue weighted by Crippen LogP contribution is -2.22. The molecule has 2 heterocycles. The van der Waals surface area contributed by atoms with Gasteiger partial charge in [-0.25, -0.2) is 4.98 Å². The van der Waals surface area contributed by atoms with Crippen LogP contribution in [-0.2, 0) is 12.5 Å². The van der Waals surface area contributed by atoms with Gasteiger partial charge in [-0.05, 0) is 29.8 Å². The zero-order valence-electron chi connectivity index (χ0n) is 13.3. The van der Waals surface area contributed by atoms with E-state index < -0.39 is 5.92 Å². The normalized spacial score (nSPS) is 11.8. The molecule has 3 nitrogen and oxygen atoms in total. The zero-order valence-corrected chi connectivity index (χ0v) is 13.3. The molecule has 0 spiro atoms. The third-order valence-electron chi connectivity index (χ3n) is 4.16. The van der Waals surface area contributed by atoms with Crippen molar-refractivity contribution < 1.29 is 8.78 Å². The van der Waals surface area contributed by atoms with Gasteiger partial charge >= 0.3 is 5.92 Å². The molecule has 0 bridgehead atoms.